The highest BCUT2D eigenvalue weighted by atomic mass is 127. The molecule has 1 aliphatic rings. The van der Waals surface area contributed by atoms with Crippen molar-refractivity contribution in [2.24, 2.45) is 10.7 Å². The number of pyridine rings is 1. The number of nitrogens with zero attached hydrogens (tertiary/aromatic N) is 4. The lowest BCUT2D eigenvalue weighted by Gasteiger charge is -2.34. The van der Waals surface area contributed by atoms with E-state index in [2.05, 4.69) is 38.1 Å². The summed E-state index contributed by atoms with van der Waals surface area (Å²) in [5, 5.41) is 3.14. The summed E-state index contributed by atoms with van der Waals surface area (Å²) in [4.78, 5) is 13.8. The lowest BCUT2D eigenvalue weighted by Crippen LogP contribution is -2.46. The molecule has 0 unspecified atom stereocenters. The summed E-state index contributed by atoms with van der Waals surface area (Å²) < 4.78 is 11.3. The van der Waals surface area contributed by atoms with Crippen LogP contribution in [0.25, 0.3) is 0 Å². The molecule has 1 aliphatic heterocycles. The highest BCUT2D eigenvalue weighted by Crippen LogP contribution is 2.29. The maximum atomic E-state index is 6.17. The Balaban J connectivity index is 0.00000363. The molecule has 32 heavy (non-hydrogen) atoms. The van der Waals surface area contributed by atoms with E-state index in [0.717, 1.165) is 55.5 Å². The van der Waals surface area contributed by atoms with Gasteiger partial charge < -0.3 is 30.3 Å². The molecule has 9 heteroatoms. The second kappa shape index (κ2) is 13.3. The summed E-state index contributed by atoms with van der Waals surface area (Å²) in [6.07, 6.45) is 1.84. The van der Waals surface area contributed by atoms with Gasteiger partial charge in [0.15, 0.2) is 5.96 Å². The molecule has 0 atom stereocenters. The minimum atomic E-state index is 0. The van der Waals surface area contributed by atoms with Crippen molar-refractivity contribution < 1.29 is 9.47 Å². The van der Waals surface area contributed by atoms with Crippen molar-refractivity contribution in [2.45, 2.75) is 27.3 Å². The standard InChI is InChI=1S/C23H34N6O2.HI/c1-4-28-11-13-29(14-12-28)22-15-18(9-10-25-22)17-26-23(24)27-20-16-19(30-5-2)7-8-21(20)31-6-3;/h7-10,15-16H,4-6,11-14,17H2,1-3H3,(H3,24,26,27);1H. The summed E-state index contributed by atoms with van der Waals surface area (Å²) in [6, 6.07) is 9.70. The Morgan fingerprint density at radius 1 is 1.06 bits per heavy atom. The first-order valence-electron chi connectivity index (χ1n) is 11.0. The van der Waals surface area contributed by atoms with E-state index in [-0.39, 0.29) is 24.0 Å². The van der Waals surface area contributed by atoms with Crippen molar-refractivity contribution in [1.82, 2.24) is 9.88 Å². The number of anilines is 2. The average Bonchev–Trinajstić information content (AvgIpc) is 2.80. The van der Waals surface area contributed by atoms with Crippen LogP contribution >= 0.6 is 24.0 Å². The van der Waals surface area contributed by atoms with Gasteiger partial charge >= 0.3 is 0 Å². The van der Waals surface area contributed by atoms with Crippen LogP contribution in [0.15, 0.2) is 41.5 Å². The van der Waals surface area contributed by atoms with Crippen molar-refractivity contribution in [3.05, 3.63) is 42.1 Å². The molecule has 1 saturated heterocycles. The van der Waals surface area contributed by atoms with Crippen LogP contribution in [0.2, 0.25) is 0 Å². The summed E-state index contributed by atoms with van der Waals surface area (Å²) in [5.41, 5.74) is 7.97. The third kappa shape index (κ3) is 7.40. The molecule has 1 fully saturated rings. The fourth-order valence-electron chi connectivity index (χ4n) is 3.52. The molecule has 2 heterocycles. The summed E-state index contributed by atoms with van der Waals surface area (Å²) in [5.74, 6) is 2.78. The number of benzene rings is 1. The molecule has 0 amide bonds. The Kier molecular flexibility index (Phi) is 10.8. The summed E-state index contributed by atoms with van der Waals surface area (Å²) in [7, 11) is 0. The quantitative estimate of drug-likeness (QED) is 0.279. The topological polar surface area (TPSA) is 88.2 Å². The smallest absolute Gasteiger partial charge is 0.193 e. The van der Waals surface area contributed by atoms with Gasteiger partial charge in [0, 0.05) is 38.4 Å². The number of halogens is 1. The number of nitrogens with two attached hydrogens (primary N) is 1. The van der Waals surface area contributed by atoms with Gasteiger partial charge in [0.2, 0.25) is 0 Å². The monoisotopic (exact) mass is 554 g/mol. The number of likely N-dealkylation sites (N-methyl/N-ethyl adjacent to an activating group) is 1. The highest BCUT2D eigenvalue weighted by Gasteiger charge is 2.16. The third-order valence-corrected chi connectivity index (χ3v) is 5.21. The molecule has 176 valence electrons. The second-order valence-electron chi connectivity index (χ2n) is 7.29. The molecule has 1 aromatic heterocycles. The van der Waals surface area contributed by atoms with Crippen LogP contribution in [0, 0.1) is 0 Å². The van der Waals surface area contributed by atoms with Gasteiger partial charge in [0.1, 0.15) is 17.3 Å². The molecule has 1 aromatic carbocycles. The number of hydrogen-bond acceptors (Lipinski definition) is 6. The van der Waals surface area contributed by atoms with Crippen LogP contribution in [0.1, 0.15) is 26.3 Å². The fourth-order valence-corrected chi connectivity index (χ4v) is 3.52. The number of guanidine groups is 1. The molecule has 0 saturated carbocycles. The predicted molar refractivity (Wildman–Crippen MR) is 142 cm³/mol. The third-order valence-electron chi connectivity index (χ3n) is 5.21. The van der Waals surface area contributed by atoms with Gasteiger partial charge in [-0.15, -0.1) is 24.0 Å². The second-order valence-corrected chi connectivity index (χ2v) is 7.29. The van der Waals surface area contributed by atoms with E-state index in [1.807, 2.05) is 44.3 Å². The zero-order chi connectivity index (χ0) is 22.1. The van der Waals surface area contributed by atoms with Crippen molar-refractivity contribution in [2.75, 3.05) is 56.2 Å². The van der Waals surface area contributed by atoms with Crippen molar-refractivity contribution >= 4 is 41.4 Å². The van der Waals surface area contributed by atoms with Crippen LogP contribution in [-0.4, -0.2) is 61.8 Å². The van der Waals surface area contributed by atoms with Gasteiger partial charge in [-0.05, 0) is 50.2 Å². The Labute approximate surface area is 208 Å². The highest BCUT2D eigenvalue weighted by molar-refractivity contribution is 14.0. The number of nitrogens with one attached hydrogen (secondary N) is 1. The first kappa shape index (κ1) is 26.0. The summed E-state index contributed by atoms with van der Waals surface area (Å²) >= 11 is 0. The van der Waals surface area contributed by atoms with Crippen LogP contribution in [0.3, 0.4) is 0 Å². The largest absolute Gasteiger partial charge is 0.494 e. The first-order valence-corrected chi connectivity index (χ1v) is 11.0. The maximum absolute atomic E-state index is 6.17. The lowest BCUT2D eigenvalue weighted by atomic mass is 10.2. The number of aliphatic imine (C=N–C) groups is 1. The Hall–Kier alpha value is -2.27. The number of ether oxygens (including phenoxy) is 2. The minimum Gasteiger partial charge on any atom is -0.494 e. The van der Waals surface area contributed by atoms with E-state index in [1.54, 1.807) is 0 Å². The average molecular weight is 554 g/mol. The van der Waals surface area contributed by atoms with E-state index >= 15 is 0 Å². The fraction of sp³-hybridized carbons (Fsp3) is 0.478. The van der Waals surface area contributed by atoms with Crippen molar-refractivity contribution in [1.29, 1.82) is 0 Å². The van der Waals surface area contributed by atoms with Crippen LogP contribution in [0.4, 0.5) is 11.5 Å². The number of aromatic nitrogens is 1. The molecular formula is C23H35IN6O2. The minimum absolute atomic E-state index is 0. The molecule has 0 bridgehead atoms. The number of hydrogen-bond donors (Lipinski definition) is 2. The van der Waals surface area contributed by atoms with Gasteiger partial charge in [-0.2, -0.15) is 0 Å². The molecule has 0 radical (unpaired) electrons. The van der Waals surface area contributed by atoms with E-state index in [0.29, 0.717) is 31.5 Å². The SMILES string of the molecule is CCOc1ccc(OCC)c(NC(N)=NCc2ccnc(N3CCN(CC)CC3)c2)c1.I. The van der Waals surface area contributed by atoms with Gasteiger partial charge in [-0.1, -0.05) is 6.92 Å². The van der Waals surface area contributed by atoms with Crippen LogP contribution < -0.4 is 25.4 Å². The van der Waals surface area contributed by atoms with Gasteiger partial charge in [-0.25, -0.2) is 9.98 Å². The Morgan fingerprint density at radius 2 is 1.81 bits per heavy atom. The molecule has 2 aromatic rings. The summed E-state index contributed by atoms with van der Waals surface area (Å²) in [6.45, 7) is 12.9. The van der Waals surface area contributed by atoms with Crippen LogP contribution in [-0.2, 0) is 6.54 Å². The molecule has 8 nitrogen and oxygen atoms in total. The van der Waals surface area contributed by atoms with Crippen molar-refractivity contribution in [3.63, 3.8) is 0 Å². The Bertz CT molecular complexity index is 871. The number of rotatable bonds is 9. The van der Waals surface area contributed by atoms with E-state index in [9.17, 15) is 0 Å². The van der Waals surface area contributed by atoms with E-state index in [4.69, 9.17) is 15.2 Å². The van der Waals surface area contributed by atoms with Gasteiger partial charge in [-0.3, -0.25) is 0 Å². The van der Waals surface area contributed by atoms with Crippen molar-refractivity contribution in [3.8, 4) is 11.5 Å². The van der Waals surface area contributed by atoms with Gasteiger partial charge in [0.05, 0.1) is 25.4 Å². The molecular weight excluding hydrogens is 519 g/mol. The lowest BCUT2D eigenvalue weighted by molar-refractivity contribution is 0.270. The van der Waals surface area contributed by atoms with Crippen LogP contribution in [0.5, 0.6) is 11.5 Å². The van der Waals surface area contributed by atoms with E-state index in [1.165, 1.54) is 0 Å². The molecule has 3 rings (SSSR count). The molecule has 3 N–H and O–H groups in total. The van der Waals surface area contributed by atoms with Gasteiger partial charge in [0.25, 0.3) is 0 Å². The zero-order valence-corrected chi connectivity index (χ0v) is 21.5. The normalized spacial score (nSPS) is 14.6. The maximum Gasteiger partial charge on any atom is 0.193 e. The number of piperazine rings is 1. The zero-order valence-electron chi connectivity index (χ0n) is 19.2. The molecule has 0 aliphatic carbocycles. The predicted octanol–water partition coefficient (Wildman–Crippen LogP) is 3.57. The first-order chi connectivity index (χ1) is 15.1. The van der Waals surface area contributed by atoms with E-state index < -0.39 is 0 Å². The Morgan fingerprint density at radius 3 is 2.50 bits per heavy atom. The molecule has 0 spiro atoms.